The van der Waals surface area contributed by atoms with Gasteiger partial charge in [0.05, 0.1) is 0 Å². The summed E-state index contributed by atoms with van der Waals surface area (Å²) in [6.07, 6.45) is 17.7. The first-order valence-electron chi connectivity index (χ1n) is 13.6. The zero-order valence-corrected chi connectivity index (χ0v) is 36.9. The molecule has 280 valence electrons. The minimum atomic E-state index is -0.153. The number of pyridine rings is 3. The number of aldehydes is 1. The number of hydrogen-bond donors (Lipinski definition) is 2. The van der Waals surface area contributed by atoms with Gasteiger partial charge in [-0.3, -0.25) is 19.7 Å². The van der Waals surface area contributed by atoms with Gasteiger partial charge >= 0.3 is 35.0 Å². The molecular formula is C36H46BrCl2I2N5O3Pd-2. The fraction of sp³-hybridized carbons (Fsp3) is 0.333. The summed E-state index contributed by atoms with van der Waals surface area (Å²) in [6.45, 7) is 20.0. The normalized spacial score (nSPS) is 6.96. The van der Waals surface area contributed by atoms with Crippen molar-refractivity contribution in [3.8, 4) is 36.0 Å². The second kappa shape index (κ2) is 72.6. The molecule has 0 amide bonds. The average Bonchev–Trinajstić information content (AvgIpc) is 3.14. The van der Waals surface area contributed by atoms with E-state index in [9.17, 15) is 4.79 Å². The zero-order valence-electron chi connectivity index (χ0n) is 27.9. The average molecular weight is 1110 g/mol. The van der Waals surface area contributed by atoms with Crippen molar-refractivity contribution in [3.05, 3.63) is 102 Å². The molecule has 0 aliphatic heterocycles. The molecule has 0 atom stereocenters. The Morgan fingerprint density at radius 2 is 1.26 bits per heavy atom. The van der Waals surface area contributed by atoms with E-state index in [2.05, 4.69) is 141 Å². The quantitative estimate of drug-likeness (QED) is 0.0613. The van der Waals surface area contributed by atoms with E-state index in [1.165, 1.54) is 17.3 Å². The zero-order chi connectivity index (χ0) is 39.4. The minimum absolute atomic E-state index is 0. The molecule has 0 spiro atoms. The van der Waals surface area contributed by atoms with E-state index in [0.29, 0.717) is 6.29 Å². The molecule has 0 aliphatic rings. The van der Waals surface area contributed by atoms with Crippen LogP contribution in [-0.4, -0.2) is 53.0 Å². The molecule has 0 bridgehead atoms. The number of aliphatic hydroxyl groups excluding tert-OH is 2. The summed E-state index contributed by atoms with van der Waals surface area (Å²) in [6, 6.07) is 11.0. The standard InChI is InChI=1S/C8H7NO.C8H5NO.C5H4BrN.2C3H7I.C3H4O.C3H8.2CN.CH4.2ClH.Pd/c2*10-6-2-4-8-3-1-5-9-7-8;6-5-2-1-3-7-4-5;1-3(2)4;2*1-2-3-4;1-3-2;2*1-2;;;;/h1,3,5,7,10H,6H2;1,3,5-7H;1-4H;3H,1-2H3;2-3H2,1H3;1,4H,3H2;3H2,1-2H3;;;1H4;2*1H;/q;;;;;;;2*-1;;;;+2/p-2. The Morgan fingerprint density at radius 1 is 0.920 bits per heavy atom. The van der Waals surface area contributed by atoms with E-state index in [0.717, 1.165) is 19.5 Å². The summed E-state index contributed by atoms with van der Waals surface area (Å²) in [5.41, 5.74) is 1.59. The molecule has 0 aromatic carbocycles. The van der Waals surface area contributed by atoms with Gasteiger partial charge in [0.15, 0.2) is 6.29 Å². The second-order valence-electron chi connectivity index (χ2n) is 7.32. The molecule has 3 heterocycles. The van der Waals surface area contributed by atoms with Crippen LogP contribution in [0.4, 0.5) is 0 Å². The first-order valence-corrected chi connectivity index (χ1v) is 21.1. The molecule has 3 aromatic rings. The summed E-state index contributed by atoms with van der Waals surface area (Å²) in [7, 11) is 9.63. The number of alkyl halides is 2. The van der Waals surface area contributed by atoms with Crippen LogP contribution in [0.15, 0.2) is 78.1 Å². The summed E-state index contributed by atoms with van der Waals surface area (Å²) in [5.74, 6) is 12.2. The molecule has 0 fully saturated rings. The van der Waals surface area contributed by atoms with Crippen molar-refractivity contribution < 1.29 is 30.9 Å². The Bertz CT molecular complexity index is 1230. The maximum absolute atomic E-state index is 9.78. The van der Waals surface area contributed by atoms with E-state index in [1.54, 1.807) is 55.4 Å². The van der Waals surface area contributed by atoms with Crippen LogP contribution >= 0.6 is 80.2 Å². The number of carbonyl (C=O) groups excluding carboxylic acids is 1. The Balaban J connectivity index is -0.0000000690. The van der Waals surface area contributed by atoms with Crippen LogP contribution < -0.4 is 0 Å². The van der Waals surface area contributed by atoms with Gasteiger partial charge in [-0.1, -0.05) is 117 Å². The number of aliphatic hydroxyl groups is 2. The van der Waals surface area contributed by atoms with Gasteiger partial charge in [0.1, 0.15) is 13.2 Å². The maximum atomic E-state index is 9.78. The Hall–Kier alpha value is -2.12. The number of halogens is 5. The predicted octanol–water partition coefficient (Wildman–Crippen LogP) is 9.80. The van der Waals surface area contributed by atoms with E-state index in [-0.39, 0.29) is 36.6 Å². The molecule has 0 radical (unpaired) electrons. The Labute approximate surface area is 354 Å². The summed E-state index contributed by atoms with van der Waals surface area (Å²) >= 11 is 7.84. The fourth-order valence-electron chi connectivity index (χ4n) is 1.47. The van der Waals surface area contributed by atoms with Gasteiger partial charge in [-0.2, -0.15) is 0 Å². The molecule has 14 heteroatoms. The molecule has 3 aromatic heterocycles. The first kappa shape index (κ1) is 66.2. The van der Waals surface area contributed by atoms with Crippen LogP contribution in [0.2, 0.25) is 0 Å². The molecule has 3 rings (SSSR count). The van der Waals surface area contributed by atoms with E-state index < -0.39 is 0 Å². The number of nitrogens with zero attached hydrogens (tertiary/aromatic N) is 5. The summed E-state index contributed by atoms with van der Waals surface area (Å²) in [4.78, 5) is 21.3. The molecule has 50 heavy (non-hydrogen) atoms. The van der Waals surface area contributed by atoms with Crippen molar-refractivity contribution in [3.63, 3.8) is 0 Å². The topological polar surface area (TPSA) is 144 Å². The van der Waals surface area contributed by atoms with Crippen molar-refractivity contribution in [2.75, 3.05) is 17.6 Å². The van der Waals surface area contributed by atoms with Gasteiger partial charge in [0.25, 0.3) is 0 Å². The van der Waals surface area contributed by atoms with Crippen LogP contribution in [0.5, 0.6) is 0 Å². The van der Waals surface area contributed by atoms with Gasteiger partial charge in [0, 0.05) is 56.7 Å². The molecule has 0 saturated heterocycles. The number of aromatic nitrogens is 3. The Morgan fingerprint density at radius 3 is 1.46 bits per heavy atom. The third-order valence-electron chi connectivity index (χ3n) is 2.82. The molecule has 2 N–H and O–H groups in total. The van der Waals surface area contributed by atoms with Gasteiger partial charge in [-0.25, -0.2) is 0 Å². The molecule has 0 saturated carbocycles. The van der Waals surface area contributed by atoms with E-state index in [4.69, 9.17) is 52.9 Å². The number of terminal acetylenes is 1. The third-order valence-corrected chi connectivity index (χ3v) is 4.36. The number of hydrogen-bond acceptors (Lipinski definition) is 8. The van der Waals surface area contributed by atoms with Crippen molar-refractivity contribution in [1.82, 2.24) is 15.0 Å². The van der Waals surface area contributed by atoms with Gasteiger partial charge < -0.3 is 33.9 Å². The van der Waals surface area contributed by atoms with Crippen LogP contribution in [-0.2, 0) is 20.7 Å². The van der Waals surface area contributed by atoms with Crippen LogP contribution in [0, 0.1) is 59.7 Å². The summed E-state index contributed by atoms with van der Waals surface area (Å²) in [5, 5.41) is 28.5. The van der Waals surface area contributed by atoms with Crippen LogP contribution in [0.25, 0.3) is 0 Å². The van der Waals surface area contributed by atoms with Gasteiger partial charge in [0.2, 0.25) is 0 Å². The SMILES string of the molecule is Brc1cccnc1.C.C#CCO.CC(C)I.CCC.CCCI.O=CC#Cc1cccnc1.OCC#Cc1cccnc1.[C-]#N.[C-]#N.[Cl][Pd][Cl]. The van der Waals surface area contributed by atoms with E-state index >= 15 is 0 Å². The molecule has 8 nitrogen and oxygen atoms in total. The van der Waals surface area contributed by atoms with E-state index in [1.807, 2.05) is 24.1 Å². The third kappa shape index (κ3) is 90.9. The fourth-order valence-corrected chi connectivity index (χ4v) is 1.74. The predicted molar refractivity (Wildman–Crippen MR) is 226 cm³/mol. The monoisotopic (exact) mass is 1100 g/mol. The van der Waals surface area contributed by atoms with Crippen molar-refractivity contribution >= 4 is 86.5 Å². The number of carbonyl (C=O) groups is 1. The van der Waals surface area contributed by atoms with Crippen LogP contribution in [0.3, 0.4) is 0 Å². The van der Waals surface area contributed by atoms with Crippen molar-refractivity contribution in [2.45, 2.75) is 58.8 Å². The van der Waals surface area contributed by atoms with Gasteiger partial charge in [-0.05, 0) is 69.1 Å². The molecular weight excluding hydrogens is 1060 g/mol. The molecule has 0 aliphatic carbocycles. The first-order chi connectivity index (χ1) is 23.6. The van der Waals surface area contributed by atoms with Gasteiger partial charge in [-0.15, -0.1) is 6.42 Å². The second-order valence-corrected chi connectivity index (χ2v) is 14.2. The molecule has 0 unspecified atom stereocenters. The van der Waals surface area contributed by atoms with Crippen molar-refractivity contribution in [2.24, 2.45) is 0 Å². The van der Waals surface area contributed by atoms with Crippen LogP contribution in [0.1, 0.15) is 66.0 Å². The van der Waals surface area contributed by atoms with Crippen molar-refractivity contribution in [1.29, 1.82) is 10.5 Å². The summed E-state index contributed by atoms with van der Waals surface area (Å²) < 4.78 is 3.12. The number of rotatable bonds is 1. The Kier molecular flexibility index (Phi) is 96.0.